The molecule has 154 valence electrons. The number of rotatable bonds is 8. The fraction of sp³-hybridized carbons (Fsp3) is 0.381. The summed E-state index contributed by atoms with van der Waals surface area (Å²) in [5, 5.41) is 2.69. The highest BCUT2D eigenvalue weighted by Crippen LogP contribution is 2.22. The van der Waals surface area contributed by atoms with Crippen molar-refractivity contribution in [1.82, 2.24) is 4.90 Å². The quantitative estimate of drug-likeness (QED) is 0.684. The first-order valence-electron chi connectivity index (χ1n) is 9.50. The highest BCUT2D eigenvalue weighted by Gasteiger charge is 2.36. The van der Waals surface area contributed by atoms with Crippen molar-refractivity contribution >= 4 is 23.5 Å². The number of benzene rings is 1. The van der Waals surface area contributed by atoms with Crippen molar-refractivity contribution in [3.05, 3.63) is 48.4 Å². The molecule has 29 heavy (non-hydrogen) atoms. The Balaban J connectivity index is 1.49. The van der Waals surface area contributed by atoms with Crippen LogP contribution in [0, 0.1) is 5.92 Å². The van der Waals surface area contributed by atoms with Crippen LogP contribution in [0.2, 0.25) is 0 Å². The largest absolute Gasteiger partial charge is 0.494 e. The van der Waals surface area contributed by atoms with Crippen LogP contribution in [0.25, 0.3) is 0 Å². The average Bonchev–Trinajstić information content (AvgIpc) is 3.34. The Morgan fingerprint density at radius 1 is 1.28 bits per heavy atom. The minimum Gasteiger partial charge on any atom is -0.494 e. The smallest absolute Gasteiger partial charge is 0.312 e. The van der Waals surface area contributed by atoms with Gasteiger partial charge >= 0.3 is 5.97 Å². The molecule has 3 rings (SSSR count). The number of carbonyl (C=O) groups excluding carboxylic acids is 3. The Kier molecular flexibility index (Phi) is 6.54. The minimum absolute atomic E-state index is 0.0623. The Bertz CT molecular complexity index is 847. The van der Waals surface area contributed by atoms with Gasteiger partial charge in [-0.3, -0.25) is 14.4 Å². The number of amides is 2. The van der Waals surface area contributed by atoms with Crippen molar-refractivity contribution in [1.29, 1.82) is 0 Å². The van der Waals surface area contributed by atoms with Crippen molar-refractivity contribution in [3.8, 4) is 5.75 Å². The molecule has 1 aliphatic rings. The summed E-state index contributed by atoms with van der Waals surface area (Å²) in [5.41, 5.74) is 0.571. The monoisotopic (exact) mass is 400 g/mol. The molecule has 1 fully saturated rings. The van der Waals surface area contributed by atoms with Crippen LogP contribution in [0.15, 0.2) is 47.1 Å². The number of hydrogen-bond donors (Lipinski definition) is 1. The number of nitrogens with one attached hydrogen (secondary N) is 1. The fourth-order valence-electron chi connectivity index (χ4n) is 3.04. The molecule has 0 unspecified atom stereocenters. The molecule has 0 saturated carbocycles. The van der Waals surface area contributed by atoms with Crippen molar-refractivity contribution in [3.63, 3.8) is 0 Å². The van der Waals surface area contributed by atoms with Gasteiger partial charge in [-0.2, -0.15) is 0 Å². The molecule has 8 heteroatoms. The van der Waals surface area contributed by atoms with Gasteiger partial charge in [0.25, 0.3) is 5.91 Å². The Morgan fingerprint density at radius 3 is 2.69 bits per heavy atom. The molecule has 1 aliphatic heterocycles. The van der Waals surface area contributed by atoms with E-state index in [1.807, 2.05) is 6.92 Å². The molecule has 2 amide bonds. The Labute approximate surface area is 168 Å². The number of esters is 1. The minimum atomic E-state index is -0.983. The zero-order valence-corrected chi connectivity index (χ0v) is 16.4. The predicted octanol–water partition coefficient (Wildman–Crippen LogP) is 2.60. The molecular formula is C21H24N2O6. The van der Waals surface area contributed by atoms with Gasteiger partial charge in [0.05, 0.1) is 25.3 Å². The van der Waals surface area contributed by atoms with Crippen molar-refractivity contribution in [2.45, 2.75) is 32.9 Å². The number of furan rings is 1. The van der Waals surface area contributed by atoms with E-state index in [9.17, 15) is 14.4 Å². The van der Waals surface area contributed by atoms with E-state index in [0.717, 1.165) is 0 Å². The molecule has 2 aromatic rings. The van der Waals surface area contributed by atoms with Gasteiger partial charge in [0.15, 0.2) is 6.10 Å². The second-order valence-electron chi connectivity index (χ2n) is 6.78. The van der Waals surface area contributed by atoms with E-state index in [1.54, 1.807) is 41.3 Å². The highest BCUT2D eigenvalue weighted by atomic mass is 16.5. The maximum atomic E-state index is 12.4. The van der Waals surface area contributed by atoms with Crippen LogP contribution in [0.1, 0.15) is 26.0 Å². The van der Waals surface area contributed by atoms with Crippen LogP contribution < -0.4 is 10.1 Å². The number of likely N-dealkylation sites (tertiary alicyclic amines) is 1. The molecule has 0 spiro atoms. The summed E-state index contributed by atoms with van der Waals surface area (Å²) >= 11 is 0. The molecule has 1 N–H and O–H groups in total. The van der Waals surface area contributed by atoms with Crippen LogP contribution in [0.5, 0.6) is 5.75 Å². The molecule has 1 saturated heterocycles. The van der Waals surface area contributed by atoms with Crippen molar-refractivity contribution in [2.75, 3.05) is 18.5 Å². The zero-order chi connectivity index (χ0) is 20.8. The van der Waals surface area contributed by atoms with Gasteiger partial charge in [-0.1, -0.05) is 0 Å². The summed E-state index contributed by atoms with van der Waals surface area (Å²) in [6, 6.07) is 10.4. The lowest BCUT2D eigenvalue weighted by Gasteiger charge is -2.17. The van der Waals surface area contributed by atoms with E-state index in [4.69, 9.17) is 13.9 Å². The van der Waals surface area contributed by atoms with Crippen LogP contribution in [-0.4, -0.2) is 41.9 Å². The van der Waals surface area contributed by atoms with Gasteiger partial charge in [-0.25, -0.2) is 0 Å². The fourth-order valence-corrected chi connectivity index (χ4v) is 3.04. The van der Waals surface area contributed by atoms with Gasteiger partial charge in [0, 0.05) is 18.7 Å². The lowest BCUT2D eigenvalue weighted by atomic mass is 10.1. The molecule has 1 aromatic heterocycles. The molecule has 2 heterocycles. The Hall–Kier alpha value is -3.29. The highest BCUT2D eigenvalue weighted by molar-refractivity contribution is 5.95. The van der Waals surface area contributed by atoms with Crippen LogP contribution in [-0.2, 0) is 25.7 Å². The summed E-state index contributed by atoms with van der Waals surface area (Å²) in [6.45, 7) is 4.50. The third kappa shape index (κ3) is 5.37. The number of carbonyl (C=O) groups is 3. The summed E-state index contributed by atoms with van der Waals surface area (Å²) in [4.78, 5) is 38.4. The van der Waals surface area contributed by atoms with Crippen LogP contribution in [0.3, 0.4) is 0 Å². The number of ether oxygens (including phenoxy) is 2. The third-order valence-electron chi connectivity index (χ3n) is 4.57. The maximum absolute atomic E-state index is 12.4. The first-order valence-corrected chi connectivity index (χ1v) is 9.50. The molecule has 8 nitrogen and oxygen atoms in total. The topological polar surface area (TPSA) is 98.1 Å². The van der Waals surface area contributed by atoms with E-state index >= 15 is 0 Å². The lowest BCUT2D eigenvalue weighted by Crippen LogP contribution is -2.33. The molecule has 0 aliphatic carbocycles. The van der Waals surface area contributed by atoms with E-state index in [1.165, 1.54) is 13.2 Å². The Morgan fingerprint density at radius 2 is 2.03 bits per heavy atom. The van der Waals surface area contributed by atoms with Crippen LogP contribution >= 0.6 is 0 Å². The van der Waals surface area contributed by atoms with Gasteiger partial charge in [0.1, 0.15) is 11.5 Å². The summed E-state index contributed by atoms with van der Waals surface area (Å²) in [6.07, 6.45) is 0.613. The standard InChI is InChI=1S/C21H24N2O6/c1-3-27-17-8-6-16(7-9-17)22-20(25)14(2)29-21(26)15-11-19(24)23(12-15)13-18-5-4-10-28-18/h4-10,14-15H,3,11-13H2,1-2H3,(H,22,25)/t14-,15+/m0/s1. The SMILES string of the molecule is CCOc1ccc(NC(=O)[C@H](C)OC(=O)[C@@H]2CC(=O)N(Cc3ccco3)C2)cc1. The van der Waals surface area contributed by atoms with E-state index < -0.39 is 23.9 Å². The van der Waals surface area contributed by atoms with Crippen molar-refractivity contribution in [2.24, 2.45) is 5.92 Å². The van der Waals surface area contributed by atoms with Gasteiger partial charge < -0.3 is 24.1 Å². The first kappa shape index (κ1) is 20.4. The van der Waals surface area contributed by atoms with Crippen LogP contribution in [0.4, 0.5) is 5.69 Å². The molecule has 1 aromatic carbocycles. The van der Waals surface area contributed by atoms with Gasteiger partial charge in [-0.05, 0) is 50.2 Å². The molecule has 0 bridgehead atoms. The van der Waals surface area contributed by atoms with E-state index in [-0.39, 0.29) is 18.9 Å². The second kappa shape index (κ2) is 9.27. The van der Waals surface area contributed by atoms with E-state index in [0.29, 0.717) is 30.3 Å². The molecular weight excluding hydrogens is 376 g/mol. The second-order valence-corrected chi connectivity index (χ2v) is 6.78. The maximum Gasteiger partial charge on any atom is 0.312 e. The van der Waals surface area contributed by atoms with Gasteiger partial charge in [-0.15, -0.1) is 0 Å². The van der Waals surface area contributed by atoms with Crippen molar-refractivity contribution < 1.29 is 28.3 Å². The summed E-state index contributed by atoms with van der Waals surface area (Å²) in [7, 11) is 0. The first-order chi connectivity index (χ1) is 14.0. The lowest BCUT2D eigenvalue weighted by molar-refractivity contribution is -0.157. The normalized spacial score (nSPS) is 17.1. The van der Waals surface area contributed by atoms with Gasteiger partial charge in [0.2, 0.25) is 5.91 Å². The summed E-state index contributed by atoms with van der Waals surface area (Å²) < 4.78 is 15.9. The predicted molar refractivity (Wildman–Crippen MR) is 104 cm³/mol. The number of nitrogens with zero attached hydrogens (tertiary/aromatic N) is 1. The molecule has 2 atom stereocenters. The number of hydrogen-bond acceptors (Lipinski definition) is 6. The molecule has 0 radical (unpaired) electrons. The third-order valence-corrected chi connectivity index (χ3v) is 4.57. The zero-order valence-electron chi connectivity index (χ0n) is 16.4. The summed E-state index contributed by atoms with van der Waals surface area (Å²) in [5.74, 6) is -0.396. The average molecular weight is 400 g/mol. The number of anilines is 1. The van der Waals surface area contributed by atoms with E-state index in [2.05, 4.69) is 5.32 Å².